The maximum absolute atomic E-state index is 12.6. The van der Waals surface area contributed by atoms with Crippen molar-refractivity contribution in [2.45, 2.75) is 51.0 Å². The van der Waals surface area contributed by atoms with Gasteiger partial charge in [0, 0.05) is 57.3 Å². The van der Waals surface area contributed by atoms with E-state index in [1.54, 1.807) is 31.6 Å². The van der Waals surface area contributed by atoms with Gasteiger partial charge in [-0.3, -0.25) is 9.78 Å². The number of likely N-dealkylation sites (tertiary alicyclic amines) is 1. The zero-order valence-electron chi connectivity index (χ0n) is 15.4. The Balaban J connectivity index is 1.51. The Hall–Kier alpha value is -1.46. The molecular formula is C20H31N3O2. The molecule has 5 heteroatoms. The summed E-state index contributed by atoms with van der Waals surface area (Å²) in [5, 5.41) is 3.78. The molecule has 1 saturated heterocycles. The van der Waals surface area contributed by atoms with Gasteiger partial charge in [-0.2, -0.15) is 0 Å². The fourth-order valence-corrected chi connectivity index (χ4v) is 4.28. The van der Waals surface area contributed by atoms with E-state index in [1.807, 2.05) is 4.90 Å². The summed E-state index contributed by atoms with van der Waals surface area (Å²) in [5.74, 6) is 0.124. The molecule has 0 bridgehead atoms. The van der Waals surface area contributed by atoms with Crippen LogP contribution in [0.1, 0.15) is 55.3 Å². The number of nitrogens with one attached hydrogen (secondary N) is 1. The molecule has 1 N–H and O–H groups in total. The van der Waals surface area contributed by atoms with Crippen LogP contribution in [0.15, 0.2) is 24.5 Å². The van der Waals surface area contributed by atoms with Crippen LogP contribution in [0.25, 0.3) is 0 Å². The summed E-state index contributed by atoms with van der Waals surface area (Å²) in [7, 11) is 1.80. The third-order valence-corrected chi connectivity index (χ3v) is 5.92. The van der Waals surface area contributed by atoms with Crippen LogP contribution in [0, 0.1) is 5.41 Å². The quantitative estimate of drug-likeness (QED) is 0.826. The molecular weight excluding hydrogens is 314 g/mol. The molecule has 1 aromatic heterocycles. The van der Waals surface area contributed by atoms with Crippen molar-refractivity contribution in [1.29, 1.82) is 0 Å². The highest BCUT2D eigenvalue weighted by molar-refractivity contribution is 5.94. The lowest BCUT2D eigenvalue weighted by Gasteiger charge is -2.38. The second-order valence-corrected chi connectivity index (χ2v) is 7.66. The van der Waals surface area contributed by atoms with Crippen molar-refractivity contribution in [2.24, 2.45) is 5.41 Å². The number of aromatic nitrogens is 1. The highest BCUT2D eigenvalue weighted by atomic mass is 16.5. The van der Waals surface area contributed by atoms with Gasteiger partial charge in [0.15, 0.2) is 0 Å². The first-order chi connectivity index (χ1) is 12.2. The number of nitrogens with zero attached hydrogens (tertiary/aromatic N) is 2. The van der Waals surface area contributed by atoms with Gasteiger partial charge in [0.25, 0.3) is 5.91 Å². The van der Waals surface area contributed by atoms with Crippen LogP contribution in [0.5, 0.6) is 0 Å². The first-order valence-corrected chi connectivity index (χ1v) is 9.64. The van der Waals surface area contributed by atoms with Crippen LogP contribution in [0.4, 0.5) is 0 Å². The Morgan fingerprint density at radius 1 is 1.32 bits per heavy atom. The van der Waals surface area contributed by atoms with E-state index in [1.165, 1.54) is 32.1 Å². The average Bonchev–Trinajstić information content (AvgIpc) is 3.15. The van der Waals surface area contributed by atoms with Gasteiger partial charge in [0.1, 0.15) is 0 Å². The fraction of sp³-hybridized carbons (Fsp3) is 0.700. The Morgan fingerprint density at radius 2 is 2.08 bits per heavy atom. The lowest BCUT2D eigenvalue weighted by molar-refractivity contribution is 0.0784. The number of amides is 1. The topological polar surface area (TPSA) is 54.5 Å². The number of carbonyl (C=O) groups is 1. The SMILES string of the molecule is COCCC1(CNC2CCN(C(=O)c3ccncc3)C2)CCCCC1. The molecule has 138 valence electrons. The zero-order valence-corrected chi connectivity index (χ0v) is 15.4. The smallest absolute Gasteiger partial charge is 0.254 e. The Kier molecular flexibility index (Phi) is 6.43. The van der Waals surface area contributed by atoms with E-state index in [0.717, 1.165) is 44.6 Å². The summed E-state index contributed by atoms with van der Waals surface area (Å²) in [5.41, 5.74) is 1.12. The van der Waals surface area contributed by atoms with Crippen LogP contribution in [-0.2, 0) is 4.74 Å². The summed E-state index contributed by atoms with van der Waals surface area (Å²) < 4.78 is 5.35. The molecule has 1 unspecified atom stereocenters. The van der Waals surface area contributed by atoms with E-state index < -0.39 is 0 Å². The normalized spacial score (nSPS) is 22.9. The number of hydrogen-bond donors (Lipinski definition) is 1. The van der Waals surface area contributed by atoms with Crippen molar-refractivity contribution in [3.05, 3.63) is 30.1 Å². The highest BCUT2D eigenvalue weighted by Gasteiger charge is 2.34. The zero-order chi connectivity index (χ0) is 17.5. The molecule has 1 aromatic rings. The van der Waals surface area contributed by atoms with Crippen LogP contribution < -0.4 is 5.32 Å². The summed E-state index contributed by atoms with van der Waals surface area (Å²) in [4.78, 5) is 18.5. The van der Waals surface area contributed by atoms with Crippen LogP contribution in [-0.4, -0.2) is 55.2 Å². The second kappa shape index (κ2) is 8.77. The predicted octanol–water partition coefficient (Wildman–Crippen LogP) is 2.87. The number of hydrogen-bond acceptors (Lipinski definition) is 4. The Morgan fingerprint density at radius 3 is 2.80 bits per heavy atom. The van der Waals surface area contributed by atoms with Gasteiger partial charge in [0.05, 0.1) is 0 Å². The van der Waals surface area contributed by atoms with Crippen molar-refractivity contribution >= 4 is 5.91 Å². The molecule has 0 aromatic carbocycles. The molecule has 0 spiro atoms. The monoisotopic (exact) mass is 345 g/mol. The molecule has 1 aliphatic carbocycles. The average molecular weight is 345 g/mol. The third-order valence-electron chi connectivity index (χ3n) is 5.92. The molecule has 25 heavy (non-hydrogen) atoms. The Labute approximate surface area is 151 Å². The summed E-state index contributed by atoms with van der Waals surface area (Å²) >= 11 is 0. The van der Waals surface area contributed by atoms with Crippen molar-refractivity contribution in [3.8, 4) is 0 Å². The molecule has 5 nitrogen and oxygen atoms in total. The van der Waals surface area contributed by atoms with E-state index >= 15 is 0 Å². The van der Waals surface area contributed by atoms with E-state index in [-0.39, 0.29) is 5.91 Å². The van der Waals surface area contributed by atoms with Crippen molar-refractivity contribution in [2.75, 3.05) is 33.4 Å². The van der Waals surface area contributed by atoms with E-state index in [0.29, 0.717) is 11.5 Å². The minimum atomic E-state index is 0.124. The minimum absolute atomic E-state index is 0.124. The van der Waals surface area contributed by atoms with Gasteiger partial charge >= 0.3 is 0 Å². The van der Waals surface area contributed by atoms with Gasteiger partial charge in [-0.15, -0.1) is 0 Å². The van der Waals surface area contributed by atoms with Crippen molar-refractivity contribution in [1.82, 2.24) is 15.2 Å². The Bertz CT molecular complexity index is 543. The molecule has 2 aliphatic rings. The van der Waals surface area contributed by atoms with Crippen LogP contribution >= 0.6 is 0 Å². The molecule has 0 radical (unpaired) electrons. The summed E-state index contributed by atoms with van der Waals surface area (Å²) in [6.07, 6.45) is 12.2. The lowest BCUT2D eigenvalue weighted by atomic mass is 9.72. The number of carbonyl (C=O) groups excluding carboxylic acids is 1. The highest BCUT2D eigenvalue weighted by Crippen LogP contribution is 2.39. The largest absolute Gasteiger partial charge is 0.385 e. The van der Waals surface area contributed by atoms with Crippen LogP contribution in [0.2, 0.25) is 0 Å². The van der Waals surface area contributed by atoms with Gasteiger partial charge in [-0.05, 0) is 43.2 Å². The van der Waals surface area contributed by atoms with Gasteiger partial charge in [-0.1, -0.05) is 19.3 Å². The summed E-state index contributed by atoms with van der Waals surface area (Å²) in [6, 6.07) is 4.00. The number of ether oxygens (including phenoxy) is 1. The van der Waals surface area contributed by atoms with E-state index in [4.69, 9.17) is 4.74 Å². The molecule has 1 amide bonds. The molecule has 1 aliphatic heterocycles. The summed E-state index contributed by atoms with van der Waals surface area (Å²) in [6.45, 7) is 3.54. The standard InChI is InChI=1S/C20H31N3O2/c1-25-14-10-20(8-3-2-4-9-20)16-22-18-7-13-23(15-18)19(24)17-5-11-21-12-6-17/h5-6,11-12,18,22H,2-4,7-10,13-16H2,1H3. The van der Waals surface area contributed by atoms with Crippen LogP contribution in [0.3, 0.4) is 0 Å². The van der Waals surface area contributed by atoms with Gasteiger partial charge < -0.3 is 15.0 Å². The van der Waals surface area contributed by atoms with Crippen molar-refractivity contribution in [3.63, 3.8) is 0 Å². The van der Waals surface area contributed by atoms with E-state index in [2.05, 4.69) is 10.3 Å². The molecule has 3 rings (SSSR count). The van der Waals surface area contributed by atoms with Crippen molar-refractivity contribution < 1.29 is 9.53 Å². The molecule has 1 atom stereocenters. The fourth-order valence-electron chi connectivity index (χ4n) is 4.28. The maximum Gasteiger partial charge on any atom is 0.254 e. The first kappa shape index (κ1) is 18.3. The predicted molar refractivity (Wildman–Crippen MR) is 98.6 cm³/mol. The third kappa shape index (κ3) is 4.79. The number of rotatable bonds is 7. The molecule has 1 saturated carbocycles. The lowest BCUT2D eigenvalue weighted by Crippen LogP contribution is -2.43. The minimum Gasteiger partial charge on any atom is -0.385 e. The van der Waals surface area contributed by atoms with Gasteiger partial charge in [-0.25, -0.2) is 0 Å². The second-order valence-electron chi connectivity index (χ2n) is 7.66. The first-order valence-electron chi connectivity index (χ1n) is 9.64. The molecule has 2 fully saturated rings. The maximum atomic E-state index is 12.6. The van der Waals surface area contributed by atoms with E-state index in [9.17, 15) is 4.79 Å². The number of methoxy groups -OCH3 is 1. The van der Waals surface area contributed by atoms with Gasteiger partial charge in [0.2, 0.25) is 0 Å². The number of pyridine rings is 1. The molecule has 2 heterocycles.